The van der Waals surface area contributed by atoms with Crippen LogP contribution in [0.15, 0.2) is 22.9 Å². The summed E-state index contributed by atoms with van der Waals surface area (Å²) in [6.07, 6.45) is 3.49. The van der Waals surface area contributed by atoms with Crippen LogP contribution < -0.4 is 5.73 Å². The van der Waals surface area contributed by atoms with Crippen LogP contribution >= 0.6 is 15.9 Å². The molecule has 2 rings (SSSR count). The number of fused-ring (bicyclic) bond motifs is 1. The second-order valence-electron chi connectivity index (χ2n) is 2.09. The first-order valence-electron chi connectivity index (χ1n) is 3.03. The normalized spacial score (nSPS) is 10.6. The smallest absolute Gasteiger partial charge is 0.171 e. The lowest BCUT2D eigenvalue weighted by Crippen LogP contribution is -1.88. The van der Waals surface area contributed by atoms with Crippen LogP contribution in [0.1, 0.15) is 0 Å². The zero-order chi connectivity index (χ0) is 7.84. The molecule has 56 valence electrons. The van der Waals surface area contributed by atoms with E-state index in [4.69, 9.17) is 5.73 Å². The van der Waals surface area contributed by atoms with Crippen molar-refractivity contribution in [3.63, 3.8) is 0 Å². The molecule has 2 aromatic heterocycles. The molecule has 0 amide bonds. The lowest BCUT2D eigenvalue weighted by molar-refractivity contribution is 0.945. The van der Waals surface area contributed by atoms with E-state index in [-0.39, 0.29) is 0 Å². The minimum Gasteiger partial charge on any atom is -0.381 e. The maximum Gasteiger partial charge on any atom is 0.171 e. The van der Waals surface area contributed by atoms with Gasteiger partial charge in [-0.25, -0.2) is 9.50 Å². The second kappa shape index (κ2) is 2.20. The first-order valence-corrected chi connectivity index (χ1v) is 3.82. The number of rotatable bonds is 0. The number of nitrogen functional groups attached to an aromatic ring is 1. The Morgan fingerprint density at radius 1 is 1.55 bits per heavy atom. The van der Waals surface area contributed by atoms with E-state index >= 15 is 0 Å². The van der Waals surface area contributed by atoms with Gasteiger partial charge < -0.3 is 5.73 Å². The molecule has 11 heavy (non-hydrogen) atoms. The average Bonchev–Trinajstić information content (AvgIpc) is 2.30. The molecule has 0 fully saturated rings. The lowest BCUT2D eigenvalue weighted by atomic mass is 10.6. The van der Waals surface area contributed by atoms with Gasteiger partial charge in [0.15, 0.2) is 11.5 Å². The summed E-state index contributed by atoms with van der Waals surface area (Å²) < 4.78 is 2.37. The second-order valence-corrected chi connectivity index (χ2v) is 2.88. The van der Waals surface area contributed by atoms with Crippen molar-refractivity contribution in [3.8, 4) is 0 Å². The highest BCUT2D eigenvalue weighted by atomic mass is 79.9. The summed E-state index contributed by atoms with van der Waals surface area (Å²) in [5.74, 6) is 0.462. The van der Waals surface area contributed by atoms with Gasteiger partial charge in [-0.1, -0.05) is 0 Å². The number of halogens is 1. The highest BCUT2D eigenvalue weighted by Crippen LogP contribution is 2.21. The summed E-state index contributed by atoms with van der Waals surface area (Å²) >= 11 is 3.28. The third-order valence-corrected chi connectivity index (χ3v) is 2.12. The van der Waals surface area contributed by atoms with E-state index in [9.17, 15) is 0 Å². The van der Waals surface area contributed by atoms with Crippen LogP contribution in [0.3, 0.4) is 0 Å². The summed E-state index contributed by atoms with van der Waals surface area (Å²) in [6, 6.07) is 1.80. The largest absolute Gasteiger partial charge is 0.381 e. The number of aromatic nitrogens is 3. The fourth-order valence-corrected chi connectivity index (χ4v) is 1.24. The van der Waals surface area contributed by atoms with Crippen molar-refractivity contribution in [2.24, 2.45) is 0 Å². The lowest BCUT2D eigenvalue weighted by Gasteiger charge is -1.87. The summed E-state index contributed by atoms with van der Waals surface area (Å²) in [7, 11) is 0. The molecular weight excluding hydrogens is 208 g/mol. The molecule has 5 heteroatoms. The van der Waals surface area contributed by atoms with Crippen molar-refractivity contribution in [3.05, 3.63) is 22.9 Å². The van der Waals surface area contributed by atoms with Crippen molar-refractivity contribution in [1.82, 2.24) is 14.6 Å². The maximum atomic E-state index is 5.53. The number of anilines is 1. The van der Waals surface area contributed by atoms with Gasteiger partial charge in [-0.2, -0.15) is 0 Å². The summed E-state index contributed by atoms with van der Waals surface area (Å²) in [4.78, 5) is 4.08. The standard InChI is InChI=1S/C6H5BrN4/c7-4-5(8)10-11-3-1-2-9-6(4)11/h1-3H,(H2,8,10). The van der Waals surface area contributed by atoms with Crippen molar-refractivity contribution in [2.45, 2.75) is 0 Å². The molecule has 0 aromatic carbocycles. The first kappa shape index (κ1) is 6.60. The van der Waals surface area contributed by atoms with Crippen molar-refractivity contribution < 1.29 is 0 Å². The third-order valence-electron chi connectivity index (χ3n) is 1.36. The fraction of sp³-hybridized carbons (Fsp3) is 0. The summed E-state index contributed by atoms with van der Waals surface area (Å²) in [5, 5.41) is 4.00. The molecule has 2 aromatic rings. The van der Waals surface area contributed by atoms with Crippen LogP contribution in [0.5, 0.6) is 0 Å². The Labute approximate surface area is 71.2 Å². The summed E-state index contributed by atoms with van der Waals surface area (Å²) in [5.41, 5.74) is 6.27. The van der Waals surface area contributed by atoms with Crippen LogP contribution in [0.4, 0.5) is 5.82 Å². The van der Waals surface area contributed by atoms with Gasteiger partial charge >= 0.3 is 0 Å². The highest BCUT2D eigenvalue weighted by Gasteiger charge is 2.05. The van der Waals surface area contributed by atoms with Crippen molar-refractivity contribution >= 4 is 27.4 Å². The molecule has 0 aliphatic carbocycles. The average molecular weight is 213 g/mol. The van der Waals surface area contributed by atoms with Gasteiger partial charge in [0.1, 0.15) is 4.47 Å². The third kappa shape index (κ3) is 0.883. The Morgan fingerprint density at radius 2 is 2.36 bits per heavy atom. The Kier molecular flexibility index (Phi) is 1.32. The molecule has 4 nitrogen and oxygen atoms in total. The monoisotopic (exact) mass is 212 g/mol. The Morgan fingerprint density at radius 3 is 3.09 bits per heavy atom. The number of nitrogens with two attached hydrogens (primary N) is 1. The molecule has 0 aliphatic rings. The topological polar surface area (TPSA) is 56.2 Å². The van der Waals surface area contributed by atoms with Gasteiger partial charge in [-0.05, 0) is 22.0 Å². The van der Waals surface area contributed by atoms with Crippen LogP contribution in [0.25, 0.3) is 5.65 Å². The van der Waals surface area contributed by atoms with E-state index in [1.54, 1.807) is 23.0 Å². The Balaban J connectivity index is 2.92. The van der Waals surface area contributed by atoms with Gasteiger partial charge in [0.05, 0.1) is 0 Å². The molecule has 0 saturated heterocycles. The Hall–Kier alpha value is -1.10. The molecule has 0 spiro atoms. The van der Waals surface area contributed by atoms with E-state index in [0.717, 1.165) is 10.1 Å². The van der Waals surface area contributed by atoms with Crippen LogP contribution in [-0.4, -0.2) is 14.6 Å². The van der Waals surface area contributed by atoms with Gasteiger partial charge in [-0.3, -0.25) is 0 Å². The fourth-order valence-electron chi connectivity index (χ4n) is 0.876. The van der Waals surface area contributed by atoms with Crippen molar-refractivity contribution in [1.29, 1.82) is 0 Å². The molecule has 0 unspecified atom stereocenters. The van der Waals surface area contributed by atoms with Crippen molar-refractivity contribution in [2.75, 3.05) is 5.73 Å². The zero-order valence-electron chi connectivity index (χ0n) is 5.53. The number of hydrogen-bond donors (Lipinski definition) is 1. The number of nitrogens with zero attached hydrogens (tertiary/aromatic N) is 3. The minimum absolute atomic E-state index is 0.462. The van der Waals surface area contributed by atoms with Crippen LogP contribution in [0, 0.1) is 0 Å². The van der Waals surface area contributed by atoms with E-state index in [1.165, 1.54) is 0 Å². The maximum absolute atomic E-state index is 5.53. The number of hydrogen-bond acceptors (Lipinski definition) is 3. The molecule has 2 heterocycles. The van der Waals surface area contributed by atoms with Gasteiger partial charge in [0.25, 0.3) is 0 Å². The predicted octanol–water partition coefficient (Wildman–Crippen LogP) is 1.07. The van der Waals surface area contributed by atoms with Crippen LogP contribution in [-0.2, 0) is 0 Å². The molecule has 0 bridgehead atoms. The van der Waals surface area contributed by atoms with E-state index < -0.39 is 0 Å². The van der Waals surface area contributed by atoms with E-state index in [2.05, 4.69) is 26.0 Å². The SMILES string of the molecule is Nc1nn2cccnc2c1Br. The minimum atomic E-state index is 0.462. The Bertz CT molecular complexity index is 394. The van der Waals surface area contributed by atoms with E-state index in [0.29, 0.717) is 5.82 Å². The molecule has 0 aliphatic heterocycles. The zero-order valence-corrected chi connectivity index (χ0v) is 7.12. The molecule has 2 N–H and O–H groups in total. The molecule has 0 radical (unpaired) electrons. The first-order chi connectivity index (χ1) is 5.29. The predicted molar refractivity (Wildman–Crippen MR) is 45.1 cm³/mol. The van der Waals surface area contributed by atoms with Gasteiger partial charge in [0, 0.05) is 12.4 Å². The molecule has 0 atom stereocenters. The van der Waals surface area contributed by atoms with Gasteiger partial charge in [0.2, 0.25) is 0 Å². The molecule has 0 saturated carbocycles. The summed E-state index contributed by atoms with van der Waals surface area (Å²) in [6.45, 7) is 0. The quantitative estimate of drug-likeness (QED) is 0.712. The van der Waals surface area contributed by atoms with E-state index in [1.807, 2.05) is 0 Å². The van der Waals surface area contributed by atoms with Crippen LogP contribution in [0.2, 0.25) is 0 Å². The molecular formula is C6H5BrN4. The van der Waals surface area contributed by atoms with Gasteiger partial charge in [-0.15, -0.1) is 5.10 Å². The highest BCUT2D eigenvalue weighted by molar-refractivity contribution is 9.10.